The summed E-state index contributed by atoms with van der Waals surface area (Å²) in [5, 5.41) is 3.32. The molecular weight excluding hydrogens is 222 g/mol. The molecule has 0 radical (unpaired) electrons. The zero-order valence-electron chi connectivity index (χ0n) is 11.7. The first kappa shape index (κ1) is 13.2. The predicted molar refractivity (Wildman–Crippen MR) is 76.8 cm³/mol. The van der Waals surface area contributed by atoms with Crippen LogP contribution in [0.3, 0.4) is 0 Å². The monoisotopic (exact) mass is 247 g/mol. The summed E-state index contributed by atoms with van der Waals surface area (Å²) in [4.78, 5) is 4.54. The van der Waals surface area contributed by atoms with Crippen LogP contribution in [0.5, 0.6) is 0 Å². The summed E-state index contributed by atoms with van der Waals surface area (Å²) in [5.74, 6) is 2.63. The van der Waals surface area contributed by atoms with Crippen LogP contribution in [0, 0.1) is 18.8 Å². The van der Waals surface area contributed by atoms with Crippen molar-refractivity contribution in [1.82, 2.24) is 9.55 Å². The standard InChI is InChI=1S/C15H25N3/c1-4-9-16-15-17-13(3)10-18(15)11-14-8-6-5-7-12(14)2/h4,10,12,14H,1,5-9,11H2,2-3H3,(H,16,17). The second-order valence-corrected chi connectivity index (χ2v) is 5.55. The van der Waals surface area contributed by atoms with Crippen LogP contribution in [0.15, 0.2) is 18.9 Å². The maximum absolute atomic E-state index is 4.54. The minimum atomic E-state index is 0.774. The molecular formula is C15H25N3. The molecule has 2 atom stereocenters. The van der Waals surface area contributed by atoms with Crippen molar-refractivity contribution in [3.8, 4) is 0 Å². The van der Waals surface area contributed by atoms with Crippen molar-refractivity contribution >= 4 is 5.95 Å². The molecule has 100 valence electrons. The Morgan fingerprint density at radius 3 is 3.00 bits per heavy atom. The molecule has 1 aliphatic rings. The third-order valence-corrected chi connectivity index (χ3v) is 4.02. The summed E-state index contributed by atoms with van der Waals surface area (Å²) in [6.07, 6.45) is 9.57. The molecule has 2 rings (SSSR count). The van der Waals surface area contributed by atoms with Crippen molar-refractivity contribution in [2.24, 2.45) is 11.8 Å². The van der Waals surface area contributed by atoms with Gasteiger partial charge in [-0.1, -0.05) is 32.3 Å². The molecule has 0 amide bonds. The molecule has 1 N–H and O–H groups in total. The number of nitrogens with one attached hydrogen (secondary N) is 1. The minimum absolute atomic E-state index is 0.774. The molecule has 0 spiro atoms. The van der Waals surface area contributed by atoms with E-state index in [2.05, 4.69) is 41.5 Å². The molecule has 1 heterocycles. The normalized spacial score (nSPS) is 23.9. The number of imidazole rings is 1. The lowest BCUT2D eigenvalue weighted by Gasteiger charge is -2.29. The number of hydrogen-bond acceptors (Lipinski definition) is 2. The van der Waals surface area contributed by atoms with E-state index in [9.17, 15) is 0 Å². The van der Waals surface area contributed by atoms with Crippen LogP contribution >= 0.6 is 0 Å². The highest BCUT2D eigenvalue weighted by Crippen LogP contribution is 2.31. The van der Waals surface area contributed by atoms with Crippen LogP contribution in [0.4, 0.5) is 5.95 Å². The lowest BCUT2D eigenvalue weighted by Crippen LogP contribution is -2.22. The first-order chi connectivity index (χ1) is 8.70. The van der Waals surface area contributed by atoms with Gasteiger partial charge in [0.05, 0.1) is 5.69 Å². The van der Waals surface area contributed by atoms with Crippen molar-refractivity contribution in [2.45, 2.75) is 46.1 Å². The Hall–Kier alpha value is -1.25. The number of aromatic nitrogens is 2. The largest absolute Gasteiger partial charge is 0.352 e. The summed E-state index contributed by atoms with van der Waals surface area (Å²) >= 11 is 0. The fourth-order valence-corrected chi connectivity index (χ4v) is 2.91. The van der Waals surface area contributed by atoms with Gasteiger partial charge in [-0.15, -0.1) is 6.58 Å². The van der Waals surface area contributed by atoms with Gasteiger partial charge in [-0.2, -0.15) is 0 Å². The Morgan fingerprint density at radius 2 is 2.28 bits per heavy atom. The summed E-state index contributed by atoms with van der Waals surface area (Å²) in [5.41, 5.74) is 1.09. The van der Waals surface area contributed by atoms with Gasteiger partial charge >= 0.3 is 0 Å². The number of rotatable bonds is 5. The summed E-state index contributed by atoms with van der Waals surface area (Å²) in [6, 6.07) is 0. The number of nitrogens with zero attached hydrogens (tertiary/aromatic N) is 2. The van der Waals surface area contributed by atoms with Gasteiger partial charge in [0, 0.05) is 19.3 Å². The zero-order valence-corrected chi connectivity index (χ0v) is 11.7. The van der Waals surface area contributed by atoms with E-state index >= 15 is 0 Å². The van der Waals surface area contributed by atoms with Gasteiger partial charge in [-0.3, -0.25) is 0 Å². The van der Waals surface area contributed by atoms with Crippen LogP contribution < -0.4 is 5.32 Å². The van der Waals surface area contributed by atoms with Gasteiger partial charge in [0.1, 0.15) is 0 Å². The van der Waals surface area contributed by atoms with E-state index in [1.165, 1.54) is 25.7 Å². The van der Waals surface area contributed by atoms with Gasteiger partial charge in [0.15, 0.2) is 0 Å². The molecule has 2 unspecified atom stereocenters. The highest BCUT2D eigenvalue weighted by atomic mass is 15.2. The highest BCUT2D eigenvalue weighted by Gasteiger charge is 2.22. The van der Waals surface area contributed by atoms with E-state index in [0.29, 0.717) is 0 Å². The maximum atomic E-state index is 4.54. The molecule has 3 heteroatoms. The summed E-state index contributed by atoms with van der Waals surface area (Å²) in [7, 11) is 0. The SMILES string of the molecule is C=CCNc1nc(C)cn1CC1CCCCC1C. The van der Waals surface area contributed by atoms with E-state index in [-0.39, 0.29) is 0 Å². The molecule has 3 nitrogen and oxygen atoms in total. The minimum Gasteiger partial charge on any atom is -0.352 e. The highest BCUT2D eigenvalue weighted by molar-refractivity contribution is 5.29. The molecule has 0 aromatic carbocycles. The fraction of sp³-hybridized carbons (Fsp3) is 0.667. The zero-order chi connectivity index (χ0) is 13.0. The van der Waals surface area contributed by atoms with E-state index in [0.717, 1.165) is 36.6 Å². The van der Waals surface area contributed by atoms with Crippen LogP contribution in [0.2, 0.25) is 0 Å². The quantitative estimate of drug-likeness (QED) is 0.805. The Balaban J connectivity index is 2.04. The number of aryl methyl sites for hydroxylation is 1. The number of hydrogen-bond donors (Lipinski definition) is 1. The lowest BCUT2D eigenvalue weighted by atomic mass is 9.80. The summed E-state index contributed by atoms with van der Waals surface area (Å²) < 4.78 is 2.28. The Bertz CT molecular complexity index is 394. The fourth-order valence-electron chi connectivity index (χ4n) is 2.91. The lowest BCUT2D eigenvalue weighted by molar-refractivity contribution is 0.229. The average molecular weight is 247 g/mol. The topological polar surface area (TPSA) is 29.9 Å². The molecule has 1 aliphatic carbocycles. The van der Waals surface area contributed by atoms with Crippen LogP contribution in [-0.4, -0.2) is 16.1 Å². The first-order valence-electron chi connectivity index (χ1n) is 7.09. The van der Waals surface area contributed by atoms with E-state index in [4.69, 9.17) is 0 Å². The van der Waals surface area contributed by atoms with E-state index in [1.807, 2.05) is 6.08 Å². The molecule has 1 fully saturated rings. The van der Waals surface area contributed by atoms with Crippen molar-refractivity contribution < 1.29 is 0 Å². The second-order valence-electron chi connectivity index (χ2n) is 5.55. The molecule has 0 aliphatic heterocycles. The first-order valence-corrected chi connectivity index (χ1v) is 7.09. The molecule has 1 aromatic heterocycles. The second kappa shape index (κ2) is 6.07. The van der Waals surface area contributed by atoms with Crippen LogP contribution in [0.25, 0.3) is 0 Å². The van der Waals surface area contributed by atoms with Gasteiger partial charge in [-0.05, 0) is 25.2 Å². The van der Waals surface area contributed by atoms with Crippen molar-refractivity contribution in [3.63, 3.8) is 0 Å². The maximum Gasteiger partial charge on any atom is 0.203 e. The Labute approximate surface area is 110 Å². The van der Waals surface area contributed by atoms with Crippen molar-refractivity contribution in [1.29, 1.82) is 0 Å². The van der Waals surface area contributed by atoms with E-state index in [1.54, 1.807) is 0 Å². The molecule has 1 aromatic rings. The van der Waals surface area contributed by atoms with Gasteiger partial charge in [0.25, 0.3) is 0 Å². The predicted octanol–water partition coefficient (Wildman–Crippen LogP) is 3.62. The average Bonchev–Trinajstić information content (AvgIpc) is 2.70. The van der Waals surface area contributed by atoms with Gasteiger partial charge in [-0.25, -0.2) is 4.98 Å². The van der Waals surface area contributed by atoms with Crippen molar-refractivity contribution in [2.75, 3.05) is 11.9 Å². The third-order valence-electron chi connectivity index (χ3n) is 4.02. The van der Waals surface area contributed by atoms with Crippen LogP contribution in [0.1, 0.15) is 38.3 Å². The molecule has 18 heavy (non-hydrogen) atoms. The smallest absolute Gasteiger partial charge is 0.203 e. The third kappa shape index (κ3) is 3.15. The van der Waals surface area contributed by atoms with Gasteiger partial charge in [0.2, 0.25) is 5.95 Å². The van der Waals surface area contributed by atoms with Gasteiger partial charge < -0.3 is 9.88 Å². The molecule has 0 bridgehead atoms. The summed E-state index contributed by atoms with van der Waals surface area (Å²) in [6.45, 7) is 10.1. The van der Waals surface area contributed by atoms with Crippen molar-refractivity contribution in [3.05, 3.63) is 24.5 Å². The Kier molecular flexibility index (Phi) is 4.45. The number of anilines is 1. The Morgan fingerprint density at radius 1 is 1.50 bits per heavy atom. The van der Waals surface area contributed by atoms with Crippen LogP contribution in [-0.2, 0) is 6.54 Å². The van der Waals surface area contributed by atoms with E-state index < -0.39 is 0 Å². The molecule has 0 saturated heterocycles. The molecule has 1 saturated carbocycles.